The van der Waals surface area contributed by atoms with Crippen LogP contribution in [0.2, 0.25) is 0 Å². The maximum absolute atomic E-state index is 12.6. The van der Waals surface area contributed by atoms with Crippen molar-refractivity contribution < 1.29 is 9.59 Å². The Morgan fingerprint density at radius 1 is 1.04 bits per heavy atom. The first-order valence-electron chi connectivity index (χ1n) is 8.03. The zero-order chi connectivity index (χ0) is 18.3. The third-order valence-corrected chi connectivity index (χ3v) is 4.48. The number of nitrogens with zero attached hydrogens (tertiary/aromatic N) is 2. The molecule has 0 saturated heterocycles. The summed E-state index contributed by atoms with van der Waals surface area (Å²) in [6, 6.07) is 11.0. The van der Waals surface area contributed by atoms with Crippen molar-refractivity contribution in [2.24, 2.45) is 5.92 Å². The lowest BCUT2D eigenvalue weighted by Crippen LogP contribution is -2.23. The standard InChI is InChI=1S/C20H12N4O2/c21-9-11-3-1-5-13(7-11)17-15-16(20(26)23-17)18(24-19(15)25)14-6-2-4-12(8-14)10-22/h1-3,5-8,12H,4H2,(H,23,26)(H,24,25). The summed E-state index contributed by atoms with van der Waals surface area (Å²) in [7, 11) is 0. The normalized spacial score (nSPS) is 21.0. The van der Waals surface area contributed by atoms with E-state index in [4.69, 9.17) is 10.5 Å². The fourth-order valence-electron chi connectivity index (χ4n) is 3.30. The number of amides is 2. The Labute approximate surface area is 149 Å². The highest BCUT2D eigenvalue weighted by atomic mass is 16.2. The van der Waals surface area contributed by atoms with Gasteiger partial charge in [-0.1, -0.05) is 30.4 Å². The molecule has 0 radical (unpaired) electrons. The van der Waals surface area contributed by atoms with E-state index in [0.717, 1.165) is 0 Å². The van der Waals surface area contributed by atoms with E-state index in [9.17, 15) is 9.59 Å². The van der Waals surface area contributed by atoms with Gasteiger partial charge in [-0.3, -0.25) is 9.59 Å². The van der Waals surface area contributed by atoms with Gasteiger partial charge < -0.3 is 10.6 Å². The highest BCUT2D eigenvalue weighted by Crippen LogP contribution is 2.37. The van der Waals surface area contributed by atoms with Crippen molar-refractivity contribution in [1.82, 2.24) is 10.6 Å². The molecule has 1 aromatic carbocycles. The smallest absolute Gasteiger partial charge is 0.258 e. The Balaban J connectivity index is 1.87. The third kappa shape index (κ3) is 2.33. The fourth-order valence-corrected chi connectivity index (χ4v) is 3.30. The number of hydrogen-bond donors (Lipinski definition) is 2. The van der Waals surface area contributed by atoms with Crippen LogP contribution in [0.4, 0.5) is 0 Å². The highest BCUT2D eigenvalue weighted by Gasteiger charge is 2.41. The molecule has 2 aliphatic heterocycles. The molecule has 0 bridgehead atoms. The second kappa shape index (κ2) is 5.87. The molecular weight excluding hydrogens is 328 g/mol. The maximum atomic E-state index is 12.6. The second-order valence-electron chi connectivity index (χ2n) is 6.10. The molecule has 2 N–H and O–H groups in total. The van der Waals surface area contributed by atoms with E-state index in [-0.39, 0.29) is 28.9 Å². The number of benzene rings is 1. The molecule has 1 aromatic rings. The molecule has 1 unspecified atom stereocenters. The average molecular weight is 340 g/mol. The molecule has 0 aromatic heterocycles. The Bertz CT molecular complexity index is 1070. The van der Waals surface area contributed by atoms with E-state index in [0.29, 0.717) is 34.5 Å². The molecule has 3 aliphatic rings. The van der Waals surface area contributed by atoms with Gasteiger partial charge in [0.2, 0.25) is 0 Å². The van der Waals surface area contributed by atoms with Gasteiger partial charge in [-0.05, 0) is 24.1 Å². The molecule has 6 nitrogen and oxygen atoms in total. The molecule has 6 heteroatoms. The predicted molar refractivity (Wildman–Crippen MR) is 92.3 cm³/mol. The zero-order valence-electron chi connectivity index (χ0n) is 13.5. The molecular formula is C20H12N4O2. The number of nitriles is 2. The fraction of sp³-hybridized carbons (Fsp3) is 0.100. The Morgan fingerprint density at radius 2 is 1.77 bits per heavy atom. The van der Waals surface area contributed by atoms with Crippen molar-refractivity contribution in [3.63, 3.8) is 0 Å². The van der Waals surface area contributed by atoms with Crippen molar-refractivity contribution in [3.05, 3.63) is 76.0 Å². The number of carbonyl (C=O) groups is 2. The van der Waals surface area contributed by atoms with E-state index in [1.54, 1.807) is 36.4 Å². The molecule has 0 fully saturated rings. The van der Waals surface area contributed by atoms with Crippen molar-refractivity contribution >= 4 is 17.5 Å². The van der Waals surface area contributed by atoms with Crippen molar-refractivity contribution in [2.45, 2.75) is 6.42 Å². The van der Waals surface area contributed by atoms with Gasteiger partial charge in [-0.15, -0.1) is 0 Å². The van der Waals surface area contributed by atoms with Crippen LogP contribution in [0.3, 0.4) is 0 Å². The Kier molecular flexibility index (Phi) is 3.53. The lowest BCUT2D eigenvalue weighted by molar-refractivity contribution is -0.117. The lowest BCUT2D eigenvalue weighted by Gasteiger charge is -2.12. The largest absolute Gasteiger partial charge is 0.321 e. The van der Waals surface area contributed by atoms with Crippen LogP contribution in [-0.4, -0.2) is 11.8 Å². The number of hydrogen-bond acceptors (Lipinski definition) is 4. The number of rotatable bonds is 2. The molecule has 4 rings (SSSR count). The summed E-state index contributed by atoms with van der Waals surface area (Å²) in [5.41, 5.74) is 3.06. The third-order valence-electron chi connectivity index (χ3n) is 4.48. The number of nitrogens with one attached hydrogen (secondary N) is 2. The Hall–Kier alpha value is -3.90. The van der Waals surface area contributed by atoms with Gasteiger partial charge in [-0.25, -0.2) is 0 Å². The predicted octanol–water partition coefficient (Wildman–Crippen LogP) is 1.81. The maximum Gasteiger partial charge on any atom is 0.258 e. The summed E-state index contributed by atoms with van der Waals surface area (Å²) < 4.78 is 0. The van der Waals surface area contributed by atoms with E-state index >= 15 is 0 Å². The van der Waals surface area contributed by atoms with Crippen molar-refractivity contribution in [2.75, 3.05) is 0 Å². The van der Waals surface area contributed by atoms with Crippen LogP contribution in [0.15, 0.2) is 64.9 Å². The molecule has 26 heavy (non-hydrogen) atoms. The second-order valence-corrected chi connectivity index (χ2v) is 6.10. The van der Waals surface area contributed by atoms with Crippen LogP contribution in [0, 0.1) is 28.6 Å². The van der Waals surface area contributed by atoms with Crippen LogP contribution < -0.4 is 10.6 Å². The average Bonchev–Trinajstić information content (AvgIpc) is 3.20. The minimum atomic E-state index is -0.376. The van der Waals surface area contributed by atoms with E-state index in [1.807, 2.05) is 12.1 Å². The van der Waals surface area contributed by atoms with Gasteiger partial charge >= 0.3 is 0 Å². The van der Waals surface area contributed by atoms with Gasteiger partial charge in [0.15, 0.2) is 0 Å². The molecule has 2 heterocycles. The Morgan fingerprint density at radius 3 is 2.50 bits per heavy atom. The van der Waals surface area contributed by atoms with Crippen LogP contribution in [0.25, 0.3) is 5.70 Å². The zero-order valence-corrected chi connectivity index (χ0v) is 13.5. The first-order chi connectivity index (χ1) is 12.6. The highest BCUT2D eigenvalue weighted by molar-refractivity contribution is 6.26. The molecule has 2 amide bonds. The number of allylic oxidation sites excluding steroid dienone is 3. The molecule has 1 aliphatic carbocycles. The van der Waals surface area contributed by atoms with Crippen LogP contribution in [0.1, 0.15) is 17.5 Å². The quantitative estimate of drug-likeness (QED) is 0.856. The topological polar surface area (TPSA) is 106 Å². The van der Waals surface area contributed by atoms with Gasteiger partial charge in [0.1, 0.15) is 0 Å². The van der Waals surface area contributed by atoms with E-state index in [2.05, 4.69) is 16.7 Å². The van der Waals surface area contributed by atoms with E-state index < -0.39 is 0 Å². The molecule has 124 valence electrons. The minimum absolute atomic E-state index is 0.272. The summed E-state index contributed by atoms with van der Waals surface area (Å²) >= 11 is 0. The summed E-state index contributed by atoms with van der Waals surface area (Å²) in [6.07, 6.45) is 6.03. The summed E-state index contributed by atoms with van der Waals surface area (Å²) in [4.78, 5) is 25.1. The number of carbonyl (C=O) groups excluding carboxylic acids is 2. The van der Waals surface area contributed by atoms with Crippen LogP contribution in [-0.2, 0) is 9.59 Å². The van der Waals surface area contributed by atoms with Crippen molar-refractivity contribution in [1.29, 1.82) is 10.5 Å². The van der Waals surface area contributed by atoms with Crippen molar-refractivity contribution in [3.8, 4) is 12.1 Å². The van der Waals surface area contributed by atoms with Crippen LogP contribution >= 0.6 is 0 Å². The summed E-state index contributed by atoms with van der Waals surface area (Å²) in [5, 5.41) is 23.7. The molecule has 0 spiro atoms. The first-order valence-corrected chi connectivity index (χ1v) is 8.03. The van der Waals surface area contributed by atoms with Gasteiger partial charge in [0.25, 0.3) is 11.8 Å². The van der Waals surface area contributed by atoms with Gasteiger partial charge in [0.05, 0.1) is 46.2 Å². The van der Waals surface area contributed by atoms with Gasteiger partial charge in [0, 0.05) is 5.56 Å². The summed E-state index contributed by atoms with van der Waals surface area (Å²) in [6.45, 7) is 0. The number of fused-ring (bicyclic) bond motifs is 1. The van der Waals surface area contributed by atoms with Gasteiger partial charge in [-0.2, -0.15) is 10.5 Å². The van der Waals surface area contributed by atoms with Crippen LogP contribution in [0.5, 0.6) is 0 Å². The summed E-state index contributed by atoms with van der Waals surface area (Å²) in [5.74, 6) is -1.04. The van der Waals surface area contributed by atoms with E-state index in [1.165, 1.54) is 0 Å². The lowest BCUT2D eigenvalue weighted by atomic mass is 9.94. The SMILES string of the molecule is N#Cc1cccc(C2=C3C(=O)NC(C4=CC(C#N)CC=C4)=C3C(=O)N2)c1. The monoisotopic (exact) mass is 340 g/mol. The molecule has 1 atom stereocenters. The molecule has 0 saturated carbocycles. The first kappa shape index (κ1) is 15.6. The minimum Gasteiger partial charge on any atom is -0.321 e.